The zero-order valence-electron chi connectivity index (χ0n) is 28.0. The van der Waals surface area contributed by atoms with Crippen molar-refractivity contribution in [3.05, 3.63) is 121 Å². The van der Waals surface area contributed by atoms with Crippen LogP contribution in [0.15, 0.2) is 121 Å². The fourth-order valence-electron chi connectivity index (χ4n) is 5.06. The quantitative estimate of drug-likeness (QED) is 0.0971. The summed E-state index contributed by atoms with van der Waals surface area (Å²) in [5.74, 6) is -0.377. The summed E-state index contributed by atoms with van der Waals surface area (Å²) in [6.45, 7) is 3.69. The highest BCUT2D eigenvalue weighted by Gasteiger charge is 2.31. The third-order valence-corrected chi connectivity index (χ3v) is 7.81. The van der Waals surface area contributed by atoms with Gasteiger partial charge >= 0.3 is 11.9 Å². The normalized spacial score (nSPS) is 10.6. The number of esters is 2. The number of ether oxygens (including phenoxy) is 2. The molecule has 2 N–H and O–H groups in total. The highest BCUT2D eigenvalue weighted by molar-refractivity contribution is 7.82. The average Bonchev–Trinajstić information content (AvgIpc) is 3.82. The molecule has 6 aromatic rings. The summed E-state index contributed by atoms with van der Waals surface area (Å²) >= 11 is 10.9. The lowest BCUT2D eigenvalue weighted by Crippen LogP contribution is -2.43. The van der Waals surface area contributed by atoms with Gasteiger partial charge in [0.2, 0.25) is 21.6 Å². The van der Waals surface area contributed by atoms with Crippen molar-refractivity contribution in [1.82, 2.24) is 40.4 Å². The molecule has 0 bridgehead atoms. The number of aromatic nitrogens is 6. The molecule has 262 valence electrons. The van der Waals surface area contributed by atoms with Gasteiger partial charge in [-0.25, -0.2) is 19.6 Å². The fraction of sp³-hybridized carbons (Fsp3) is 0.111. The van der Waals surface area contributed by atoms with Crippen LogP contribution in [0.25, 0.3) is 23.0 Å². The fourth-order valence-corrected chi connectivity index (χ4v) is 5.36. The van der Waals surface area contributed by atoms with Crippen LogP contribution < -0.4 is 20.9 Å². The van der Waals surface area contributed by atoms with E-state index < -0.39 is 11.9 Å². The van der Waals surface area contributed by atoms with Gasteiger partial charge in [0, 0.05) is 0 Å². The molecule has 0 aliphatic carbocycles. The second-order valence-electron chi connectivity index (χ2n) is 10.7. The van der Waals surface area contributed by atoms with Gasteiger partial charge in [-0.15, -0.1) is 20.4 Å². The third-order valence-electron chi connectivity index (χ3n) is 7.30. The number of nitrogens with one attached hydrogen (secondary N) is 2. The monoisotopic (exact) mass is 732 g/mol. The lowest BCUT2D eigenvalue weighted by Gasteiger charge is -2.26. The number of hydrazine groups is 2. The van der Waals surface area contributed by atoms with Crippen molar-refractivity contribution in [2.45, 2.75) is 13.8 Å². The van der Waals surface area contributed by atoms with Gasteiger partial charge in [0.15, 0.2) is 0 Å². The van der Waals surface area contributed by atoms with E-state index in [1.807, 2.05) is 121 Å². The molecule has 16 heteroatoms. The van der Waals surface area contributed by atoms with E-state index in [2.05, 4.69) is 31.2 Å². The number of para-hydroxylation sites is 4. The summed E-state index contributed by atoms with van der Waals surface area (Å²) < 4.78 is 13.8. The standard InChI is InChI=1S/C36H32N10O4S2/c1-3-49-33(47)31(51)41-45(27-21-13-7-14-22-27)35-39-37-29(43(35)25-17-9-5-10-18-25)30-38-40-36(44(30)26-19-11-6-12-20-26)46(28-23-15-8-16-24-28)42-32(52)34(48)50-4-2/h5-24H,3-4H2,1-2H3,(H,41,51)(H,42,52). The maximum Gasteiger partial charge on any atom is 0.367 e. The number of carbonyl (C=O) groups excluding carboxylic acids is 2. The molecule has 52 heavy (non-hydrogen) atoms. The van der Waals surface area contributed by atoms with Gasteiger partial charge in [0.25, 0.3) is 11.9 Å². The van der Waals surface area contributed by atoms with E-state index in [0.29, 0.717) is 22.7 Å². The second kappa shape index (κ2) is 16.5. The predicted octanol–water partition coefficient (Wildman–Crippen LogP) is 5.58. The summed E-state index contributed by atoms with van der Waals surface area (Å²) in [5, 5.41) is 21.6. The summed E-state index contributed by atoms with van der Waals surface area (Å²) in [6.07, 6.45) is 0. The lowest BCUT2D eigenvalue weighted by molar-refractivity contribution is -0.135. The molecule has 0 saturated carbocycles. The first-order chi connectivity index (χ1) is 25.4. The van der Waals surface area contributed by atoms with Crippen molar-refractivity contribution in [3.8, 4) is 23.0 Å². The first-order valence-electron chi connectivity index (χ1n) is 16.1. The van der Waals surface area contributed by atoms with Crippen LogP contribution in [0.4, 0.5) is 23.3 Å². The Hall–Kier alpha value is -6.52. The van der Waals surface area contributed by atoms with E-state index in [1.165, 1.54) is 0 Å². The van der Waals surface area contributed by atoms with Crippen LogP contribution in [0, 0.1) is 0 Å². The Bertz CT molecular complexity index is 2010. The Balaban J connectivity index is 1.58. The number of carbonyl (C=O) groups is 2. The number of hydrogen-bond donors (Lipinski definition) is 2. The van der Waals surface area contributed by atoms with E-state index in [4.69, 9.17) is 33.9 Å². The molecule has 0 saturated heterocycles. The Morgan fingerprint density at radius 2 is 0.885 bits per heavy atom. The summed E-state index contributed by atoms with van der Waals surface area (Å²) in [6, 6.07) is 37.2. The summed E-state index contributed by atoms with van der Waals surface area (Å²) in [5.41, 5.74) is 8.50. The molecule has 0 unspecified atom stereocenters. The van der Waals surface area contributed by atoms with Gasteiger partial charge in [0.1, 0.15) is 0 Å². The molecule has 0 radical (unpaired) electrons. The molecule has 0 atom stereocenters. The molecule has 0 amide bonds. The van der Waals surface area contributed by atoms with Crippen molar-refractivity contribution >= 4 is 69.6 Å². The maximum absolute atomic E-state index is 12.7. The van der Waals surface area contributed by atoms with E-state index in [0.717, 1.165) is 0 Å². The zero-order valence-corrected chi connectivity index (χ0v) is 29.6. The molecule has 6 rings (SSSR count). The van der Waals surface area contributed by atoms with Gasteiger partial charge in [-0.2, -0.15) is 0 Å². The molecule has 0 aliphatic heterocycles. The maximum atomic E-state index is 12.7. The minimum atomic E-state index is -0.702. The number of rotatable bonds is 11. The van der Waals surface area contributed by atoms with Gasteiger partial charge in [-0.3, -0.25) is 20.0 Å². The molecule has 0 aliphatic rings. The van der Waals surface area contributed by atoms with Crippen LogP contribution in [-0.2, 0) is 19.1 Å². The van der Waals surface area contributed by atoms with Crippen LogP contribution in [0.1, 0.15) is 13.8 Å². The Kier molecular flexibility index (Phi) is 11.2. The minimum Gasteiger partial charge on any atom is -0.461 e. The minimum absolute atomic E-state index is 0.146. The first-order valence-corrected chi connectivity index (χ1v) is 16.9. The molecule has 2 aromatic heterocycles. The van der Waals surface area contributed by atoms with Crippen LogP contribution in [0.5, 0.6) is 0 Å². The second-order valence-corrected chi connectivity index (χ2v) is 11.5. The Morgan fingerprint density at radius 1 is 0.558 bits per heavy atom. The Morgan fingerprint density at radius 3 is 1.21 bits per heavy atom. The van der Waals surface area contributed by atoms with E-state index in [1.54, 1.807) is 33.0 Å². The van der Waals surface area contributed by atoms with Gasteiger partial charge in [0.05, 0.1) is 36.0 Å². The van der Waals surface area contributed by atoms with Crippen molar-refractivity contribution < 1.29 is 19.1 Å². The lowest BCUT2D eigenvalue weighted by atomic mass is 10.3. The molecule has 2 heterocycles. The molecular weight excluding hydrogens is 701 g/mol. The van der Waals surface area contributed by atoms with Gasteiger partial charge in [-0.1, -0.05) is 97.2 Å². The Labute approximate surface area is 309 Å². The largest absolute Gasteiger partial charge is 0.461 e. The van der Waals surface area contributed by atoms with Crippen molar-refractivity contribution in [3.63, 3.8) is 0 Å². The molecule has 14 nitrogen and oxygen atoms in total. The van der Waals surface area contributed by atoms with Crippen molar-refractivity contribution in [1.29, 1.82) is 0 Å². The molecular formula is C36H32N10O4S2. The van der Waals surface area contributed by atoms with Crippen molar-refractivity contribution in [2.75, 3.05) is 23.2 Å². The number of thiocarbonyl (C=S) groups is 2. The highest BCUT2D eigenvalue weighted by Crippen LogP contribution is 2.34. The highest BCUT2D eigenvalue weighted by atomic mass is 32.1. The van der Waals surface area contributed by atoms with E-state index in [-0.39, 0.29) is 46.7 Å². The first kappa shape index (κ1) is 35.3. The number of nitrogens with zero attached hydrogens (tertiary/aromatic N) is 8. The molecule has 0 fully saturated rings. The topological polar surface area (TPSA) is 145 Å². The number of anilines is 4. The van der Waals surface area contributed by atoms with Gasteiger partial charge < -0.3 is 9.47 Å². The predicted molar refractivity (Wildman–Crippen MR) is 204 cm³/mol. The summed E-state index contributed by atoms with van der Waals surface area (Å²) in [4.78, 5) is 25.0. The molecule has 0 spiro atoms. The summed E-state index contributed by atoms with van der Waals surface area (Å²) in [7, 11) is 0. The molecule has 4 aromatic carbocycles. The third kappa shape index (κ3) is 7.62. The number of benzene rings is 4. The van der Waals surface area contributed by atoms with E-state index >= 15 is 0 Å². The van der Waals surface area contributed by atoms with Crippen LogP contribution in [0.2, 0.25) is 0 Å². The van der Waals surface area contributed by atoms with Crippen LogP contribution in [0.3, 0.4) is 0 Å². The van der Waals surface area contributed by atoms with Crippen molar-refractivity contribution in [2.24, 2.45) is 0 Å². The van der Waals surface area contributed by atoms with Crippen LogP contribution >= 0.6 is 24.4 Å². The SMILES string of the molecule is CCOC(=O)C(=S)NN(c1ccccc1)c1nnc(-c2nnc(N(NC(=S)C(=O)OCC)c3ccccc3)n2-c2ccccc2)n1-c1ccccc1. The van der Waals surface area contributed by atoms with E-state index in [9.17, 15) is 9.59 Å². The average molecular weight is 733 g/mol. The zero-order chi connectivity index (χ0) is 36.5. The van der Waals surface area contributed by atoms with Crippen LogP contribution in [-0.4, -0.2) is 64.7 Å². The number of hydrogen-bond acceptors (Lipinski definition) is 12. The smallest absolute Gasteiger partial charge is 0.367 e. The van der Waals surface area contributed by atoms with Gasteiger partial charge in [-0.05, 0) is 62.4 Å².